The van der Waals surface area contributed by atoms with Gasteiger partial charge in [0.25, 0.3) is 0 Å². The van der Waals surface area contributed by atoms with Gasteiger partial charge in [0, 0.05) is 32.7 Å². The number of piperazine rings is 1. The van der Waals surface area contributed by atoms with Gasteiger partial charge in [-0.3, -0.25) is 4.90 Å². The van der Waals surface area contributed by atoms with E-state index < -0.39 is 0 Å². The lowest BCUT2D eigenvalue weighted by Crippen LogP contribution is -2.51. The van der Waals surface area contributed by atoms with Crippen molar-refractivity contribution in [2.75, 3.05) is 32.7 Å². The summed E-state index contributed by atoms with van der Waals surface area (Å²) in [5.41, 5.74) is 0. The molecule has 4 saturated carbocycles. The Morgan fingerprint density at radius 3 is 2.15 bits per heavy atom. The van der Waals surface area contributed by atoms with Crippen LogP contribution in [0, 0.1) is 46.8 Å². The molecule has 0 aromatic heterocycles. The summed E-state index contributed by atoms with van der Waals surface area (Å²) in [5, 5.41) is 13.2. The molecule has 0 spiro atoms. The fraction of sp³-hybridized carbons (Fsp3) is 0.941. The van der Waals surface area contributed by atoms with Crippen molar-refractivity contribution >= 4 is 0 Å². The summed E-state index contributed by atoms with van der Waals surface area (Å²) in [4.78, 5) is 2.52. The summed E-state index contributed by atoms with van der Waals surface area (Å²) in [6.07, 6.45) is 7.28. The summed E-state index contributed by atoms with van der Waals surface area (Å²) < 4.78 is 0. The maximum Gasteiger partial charge on any atom is 0.0672 e. The molecule has 1 aliphatic heterocycles. The summed E-state index contributed by atoms with van der Waals surface area (Å²) in [6, 6.07) is 2.72. The van der Waals surface area contributed by atoms with E-state index in [0.29, 0.717) is 5.92 Å². The predicted molar refractivity (Wildman–Crippen MR) is 78.9 cm³/mol. The minimum Gasteiger partial charge on any atom is -0.314 e. The first-order valence-electron chi connectivity index (χ1n) is 8.66. The van der Waals surface area contributed by atoms with E-state index in [-0.39, 0.29) is 0 Å². The van der Waals surface area contributed by atoms with Crippen molar-refractivity contribution in [3.8, 4) is 6.07 Å². The SMILES string of the molecule is N#CC(CN1CCNCC1)C1C2CC3CC(C2)CC1C3. The van der Waals surface area contributed by atoms with Crippen LogP contribution in [0.5, 0.6) is 0 Å². The Morgan fingerprint density at radius 2 is 1.60 bits per heavy atom. The lowest BCUT2D eigenvalue weighted by atomic mass is 9.49. The van der Waals surface area contributed by atoms with Crippen molar-refractivity contribution in [3.05, 3.63) is 0 Å². The molecule has 0 amide bonds. The van der Waals surface area contributed by atoms with E-state index in [1.165, 1.54) is 32.1 Å². The zero-order chi connectivity index (χ0) is 13.5. The van der Waals surface area contributed by atoms with Gasteiger partial charge in [0.15, 0.2) is 0 Å². The standard InChI is InChI=1S/C17H27N3/c18-10-16(11-20-3-1-19-2-4-20)17-14-6-12-5-13(8-14)9-15(17)7-12/h12-17,19H,1-9,11H2. The number of nitriles is 1. The van der Waals surface area contributed by atoms with Gasteiger partial charge in [0.2, 0.25) is 0 Å². The second-order valence-corrected chi connectivity index (χ2v) is 7.79. The van der Waals surface area contributed by atoms with Crippen molar-refractivity contribution in [1.29, 1.82) is 5.26 Å². The molecular formula is C17H27N3. The smallest absolute Gasteiger partial charge is 0.0672 e. The lowest BCUT2D eigenvalue weighted by Gasteiger charge is -2.56. The van der Waals surface area contributed by atoms with E-state index >= 15 is 0 Å². The van der Waals surface area contributed by atoms with Crippen molar-refractivity contribution in [2.24, 2.45) is 35.5 Å². The van der Waals surface area contributed by atoms with Crippen LogP contribution in [-0.2, 0) is 0 Å². The second kappa shape index (κ2) is 5.31. The Hall–Kier alpha value is -0.590. The van der Waals surface area contributed by atoms with Gasteiger partial charge in [-0.05, 0) is 61.7 Å². The molecule has 1 saturated heterocycles. The van der Waals surface area contributed by atoms with Crippen LogP contribution in [0.15, 0.2) is 0 Å². The highest BCUT2D eigenvalue weighted by atomic mass is 15.2. The maximum absolute atomic E-state index is 9.75. The molecule has 1 unspecified atom stereocenters. The molecule has 1 atom stereocenters. The third-order valence-corrected chi connectivity index (χ3v) is 6.59. The number of nitrogens with zero attached hydrogens (tertiary/aromatic N) is 2. The number of nitrogens with one attached hydrogen (secondary N) is 1. The van der Waals surface area contributed by atoms with Crippen molar-refractivity contribution in [3.63, 3.8) is 0 Å². The van der Waals surface area contributed by atoms with Crippen LogP contribution in [0.1, 0.15) is 32.1 Å². The number of hydrogen-bond donors (Lipinski definition) is 1. The summed E-state index contributed by atoms with van der Waals surface area (Å²) in [5.74, 6) is 4.84. The first kappa shape index (κ1) is 13.1. The van der Waals surface area contributed by atoms with Gasteiger partial charge in [-0.2, -0.15) is 5.26 Å². The second-order valence-electron chi connectivity index (χ2n) is 7.79. The minimum absolute atomic E-state index is 0.295. The van der Waals surface area contributed by atoms with Crippen LogP contribution >= 0.6 is 0 Å². The molecular weight excluding hydrogens is 246 g/mol. The largest absolute Gasteiger partial charge is 0.314 e. The zero-order valence-electron chi connectivity index (χ0n) is 12.4. The van der Waals surface area contributed by atoms with Gasteiger partial charge < -0.3 is 5.32 Å². The molecule has 20 heavy (non-hydrogen) atoms. The average molecular weight is 273 g/mol. The van der Waals surface area contributed by atoms with Gasteiger partial charge >= 0.3 is 0 Å². The summed E-state index contributed by atoms with van der Waals surface area (Å²) in [6.45, 7) is 5.49. The maximum atomic E-state index is 9.75. The van der Waals surface area contributed by atoms with Crippen LogP contribution in [0.3, 0.4) is 0 Å². The van der Waals surface area contributed by atoms with E-state index in [2.05, 4.69) is 16.3 Å². The Bertz CT molecular complexity index is 366. The minimum atomic E-state index is 0.295. The number of rotatable bonds is 3. The highest BCUT2D eigenvalue weighted by Gasteiger charge is 2.50. The molecule has 5 aliphatic rings. The molecule has 5 fully saturated rings. The van der Waals surface area contributed by atoms with Crippen molar-refractivity contribution in [2.45, 2.75) is 32.1 Å². The fourth-order valence-corrected chi connectivity index (χ4v) is 6.04. The van der Waals surface area contributed by atoms with Crippen molar-refractivity contribution < 1.29 is 0 Å². The molecule has 4 aliphatic carbocycles. The van der Waals surface area contributed by atoms with E-state index in [4.69, 9.17) is 0 Å². The Kier molecular flexibility index (Phi) is 3.48. The molecule has 110 valence electrons. The van der Waals surface area contributed by atoms with E-state index in [1.54, 1.807) is 0 Å². The molecule has 3 nitrogen and oxygen atoms in total. The third-order valence-electron chi connectivity index (χ3n) is 6.59. The fourth-order valence-electron chi connectivity index (χ4n) is 6.04. The quantitative estimate of drug-likeness (QED) is 0.856. The number of hydrogen-bond acceptors (Lipinski definition) is 3. The lowest BCUT2D eigenvalue weighted by molar-refractivity contribution is -0.0568. The molecule has 3 heteroatoms. The predicted octanol–water partition coefficient (Wildman–Crippen LogP) is 2.10. The molecule has 0 aromatic carbocycles. The molecule has 1 N–H and O–H groups in total. The van der Waals surface area contributed by atoms with Gasteiger partial charge in [-0.15, -0.1) is 0 Å². The van der Waals surface area contributed by atoms with Gasteiger partial charge in [0.1, 0.15) is 0 Å². The Balaban J connectivity index is 1.46. The molecule has 5 rings (SSSR count). The van der Waals surface area contributed by atoms with Crippen molar-refractivity contribution in [1.82, 2.24) is 10.2 Å². The molecule has 1 heterocycles. The van der Waals surface area contributed by atoms with E-state index in [9.17, 15) is 5.26 Å². The van der Waals surface area contributed by atoms with Crippen LogP contribution in [0.25, 0.3) is 0 Å². The Morgan fingerprint density at radius 1 is 1.00 bits per heavy atom. The third kappa shape index (κ3) is 2.27. The highest BCUT2D eigenvalue weighted by Crippen LogP contribution is 2.58. The topological polar surface area (TPSA) is 39.1 Å². The molecule has 0 radical (unpaired) electrons. The molecule has 4 bridgehead atoms. The van der Waals surface area contributed by atoms with Gasteiger partial charge in [0.05, 0.1) is 12.0 Å². The van der Waals surface area contributed by atoms with Crippen LogP contribution in [0.2, 0.25) is 0 Å². The average Bonchev–Trinajstić information content (AvgIpc) is 2.46. The van der Waals surface area contributed by atoms with E-state index in [0.717, 1.165) is 62.3 Å². The highest BCUT2D eigenvalue weighted by molar-refractivity contribution is 5.04. The van der Waals surface area contributed by atoms with Crippen LogP contribution < -0.4 is 5.32 Å². The normalized spacial score (nSPS) is 45.2. The monoisotopic (exact) mass is 273 g/mol. The summed E-state index contributed by atoms with van der Waals surface area (Å²) in [7, 11) is 0. The first-order chi connectivity index (χ1) is 9.83. The van der Waals surface area contributed by atoms with Crippen LogP contribution in [-0.4, -0.2) is 37.6 Å². The Labute approximate surface area is 122 Å². The van der Waals surface area contributed by atoms with Gasteiger partial charge in [-0.25, -0.2) is 0 Å². The van der Waals surface area contributed by atoms with E-state index in [1.807, 2.05) is 0 Å². The van der Waals surface area contributed by atoms with Gasteiger partial charge in [-0.1, -0.05) is 0 Å². The first-order valence-corrected chi connectivity index (χ1v) is 8.66. The summed E-state index contributed by atoms with van der Waals surface area (Å²) >= 11 is 0. The van der Waals surface area contributed by atoms with Crippen LogP contribution in [0.4, 0.5) is 0 Å². The molecule has 0 aromatic rings. The zero-order valence-corrected chi connectivity index (χ0v) is 12.4.